The first-order valence-corrected chi connectivity index (χ1v) is 13.5. The number of hydrogen-bond acceptors (Lipinski definition) is 8. The summed E-state index contributed by atoms with van der Waals surface area (Å²) in [6.45, 7) is 6.29. The Morgan fingerprint density at radius 2 is 1.88 bits per heavy atom. The Bertz CT molecular complexity index is 1500. The van der Waals surface area contributed by atoms with Gasteiger partial charge < -0.3 is 19.2 Å². The molecule has 0 amide bonds. The van der Waals surface area contributed by atoms with Gasteiger partial charge in [-0.05, 0) is 59.0 Å². The SMILES string of the molecule is COc1cc2cc(CN(Cc3ccc(F)cc3)[C@H](c3nnnn3C[C@H]3CCCO3)C(C)C)c(=O)[nH]c2cc1OC. The minimum Gasteiger partial charge on any atom is -0.493 e. The third-order valence-corrected chi connectivity index (χ3v) is 7.35. The monoisotopic (exact) mass is 550 g/mol. The maximum atomic E-state index is 13.7. The number of H-pyrrole nitrogens is 1. The van der Waals surface area contributed by atoms with E-state index in [-0.39, 0.29) is 29.4 Å². The largest absolute Gasteiger partial charge is 0.493 e. The van der Waals surface area contributed by atoms with Crippen LogP contribution in [-0.4, -0.2) is 57.0 Å². The van der Waals surface area contributed by atoms with Crippen molar-refractivity contribution in [2.75, 3.05) is 20.8 Å². The predicted molar refractivity (Wildman–Crippen MR) is 148 cm³/mol. The van der Waals surface area contributed by atoms with Crippen molar-refractivity contribution in [1.29, 1.82) is 0 Å². The molecule has 0 aliphatic carbocycles. The summed E-state index contributed by atoms with van der Waals surface area (Å²) in [5, 5.41) is 13.6. The Balaban J connectivity index is 1.54. The third-order valence-electron chi connectivity index (χ3n) is 7.35. The Labute approximate surface area is 232 Å². The second kappa shape index (κ2) is 12.1. The summed E-state index contributed by atoms with van der Waals surface area (Å²) in [6.07, 6.45) is 2.05. The number of methoxy groups -OCH3 is 2. The second-order valence-corrected chi connectivity index (χ2v) is 10.5. The van der Waals surface area contributed by atoms with E-state index in [0.717, 1.165) is 30.4 Å². The summed E-state index contributed by atoms with van der Waals surface area (Å²) in [4.78, 5) is 18.5. The van der Waals surface area contributed by atoms with Crippen LogP contribution in [0.15, 0.2) is 47.3 Å². The molecule has 1 fully saturated rings. The fraction of sp³-hybridized carbons (Fsp3) is 0.448. The van der Waals surface area contributed by atoms with E-state index in [2.05, 4.69) is 39.3 Å². The van der Waals surface area contributed by atoms with Crippen LogP contribution in [0.4, 0.5) is 4.39 Å². The van der Waals surface area contributed by atoms with Crippen LogP contribution in [0, 0.1) is 11.7 Å². The van der Waals surface area contributed by atoms with Crippen LogP contribution in [0.1, 0.15) is 49.7 Å². The molecule has 212 valence electrons. The van der Waals surface area contributed by atoms with E-state index in [0.29, 0.717) is 48.0 Å². The average Bonchev–Trinajstić information content (AvgIpc) is 3.62. The van der Waals surface area contributed by atoms with Crippen LogP contribution in [0.5, 0.6) is 11.5 Å². The maximum absolute atomic E-state index is 13.7. The number of halogens is 1. The van der Waals surface area contributed by atoms with Gasteiger partial charge in [0.2, 0.25) is 0 Å². The first kappa shape index (κ1) is 27.7. The van der Waals surface area contributed by atoms with E-state index < -0.39 is 0 Å². The van der Waals surface area contributed by atoms with Gasteiger partial charge in [-0.1, -0.05) is 26.0 Å². The number of ether oxygens (including phenoxy) is 3. The van der Waals surface area contributed by atoms with Crippen LogP contribution in [0.2, 0.25) is 0 Å². The van der Waals surface area contributed by atoms with Gasteiger partial charge in [0.05, 0.1) is 38.4 Å². The number of benzene rings is 2. The van der Waals surface area contributed by atoms with E-state index in [1.165, 1.54) is 12.1 Å². The molecule has 2 aromatic carbocycles. The summed E-state index contributed by atoms with van der Waals surface area (Å²) in [7, 11) is 3.14. The predicted octanol–water partition coefficient (Wildman–Crippen LogP) is 4.25. The first-order valence-electron chi connectivity index (χ1n) is 13.5. The quantitative estimate of drug-likeness (QED) is 0.295. The number of nitrogens with one attached hydrogen (secondary N) is 1. The van der Waals surface area contributed by atoms with Crippen LogP contribution in [0.25, 0.3) is 10.9 Å². The fourth-order valence-electron chi connectivity index (χ4n) is 5.41. The highest BCUT2D eigenvalue weighted by molar-refractivity contribution is 5.83. The van der Waals surface area contributed by atoms with E-state index in [4.69, 9.17) is 14.2 Å². The van der Waals surface area contributed by atoms with Gasteiger partial charge in [0.25, 0.3) is 5.56 Å². The molecule has 5 rings (SSSR count). The lowest BCUT2D eigenvalue weighted by Crippen LogP contribution is -2.36. The smallest absolute Gasteiger partial charge is 0.252 e. The van der Waals surface area contributed by atoms with E-state index in [9.17, 15) is 9.18 Å². The van der Waals surface area contributed by atoms with Gasteiger partial charge in [0, 0.05) is 36.7 Å². The van der Waals surface area contributed by atoms with Crippen LogP contribution in [0.3, 0.4) is 0 Å². The number of pyridine rings is 1. The number of aromatic nitrogens is 5. The summed E-state index contributed by atoms with van der Waals surface area (Å²) < 4.78 is 32.3. The second-order valence-electron chi connectivity index (χ2n) is 10.5. The lowest BCUT2D eigenvalue weighted by atomic mass is 9.99. The summed E-state index contributed by atoms with van der Waals surface area (Å²) in [6, 6.07) is 11.7. The zero-order valence-electron chi connectivity index (χ0n) is 23.3. The van der Waals surface area contributed by atoms with Gasteiger partial charge in [0.15, 0.2) is 17.3 Å². The minimum atomic E-state index is -0.299. The molecule has 10 nitrogen and oxygen atoms in total. The standard InChI is InChI=1S/C29H35FN6O4/c1-18(2)27(28-32-33-34-36(28)17-23-6-5-11-40-23)35(15-19-7-9-22(30)10-8-19)16-21-12-20-13-25(38-3)26(39-4)14-24(20)31-29(21)37/h7-10,12-14,18,23,27H,5-6,11,15-17H2,1-4H3,(H,31,37)/t23-,27+/m1/s1. The van der Waals surface area contributed by atoms with Gasteiger partial charge in [-0.15, -0.1) is 5.10 Å². The number of nitrogens with zero attached hydrogens (tertiary/aromatic N) is 5. The van der Waals surface area contributed by atoms with Crippen molar-refractivity contribution < 1.29 is 18.6 Å². The van der Waals surface area contributed by atoms with Crippen LogP contribution in [-0.2, 0) is 24.4 Å². The molecule has 1 saturated heterocycles. The first-order chi connectivity index (χ1) is 19.4. The Hall–Kier alpha value is -3.83. The highest BCUT2D eigenvalue weighted by atomic mass is 19.1. The van der Waals surface area contributed by atoms with Crippen molar-refractivity contribution in [1.82, 2.24) is 30.1 Å². The van der Waals surface area contributed by atoms with Crippen LogP contribution >= 0.6 is 0 Å². The van der Waals surface area contributed by atoms with E-state index in [1.807, 2.05) is 16.8 Å². The molecular formula is C29H35FN6O4. The Morgan fingerprint density at radius 1 is 1.12 bits per heavy atom. The minimum absolute atomic E-state index is 0.0657. The number of aromatic amines is 1. The van der Waals surface area contributed by atoms with Crippen LogP contribution < -0.4 is 15.0 Å². The molecule has 0 spiro atoms. The van der Waals surface area contributed by atoms with Crippen molar-refractivity contribution in [3.63, 3.8) is 0 Å². The molecule has 2 aromatic heterocycles. The topological polar surface area (TPSA) is 107 Å². The van der Waals surface area contributed by atoms with Gasteiger partial charge in [0.1, 0.15) is 5.82 Å². The highest BCUT2D eigenvalue weighted by Crippen LogP contribution is 2.33. The lowest BCUT2D eigenvalue weighted by Gasteiger charge is -2.33. The summed E-state index contributed by atoms with van der Waals surface area (Å²) >= 11 is 0. The normalized spacial score (nSPS) is 16.2. The molecule has 1 aliphatic rings. The number of tetrazole rings is 1. The third kappa shape index (κ3) is 6.00. The van der Waals surface area contributed by atoms with Gasteiger partial charge in [-0.3, -0.25) is 9.69 Å². The molecule has 0 saturated carbocycles. The molecule has 40 heavy (non-hydrogen) atoms. The molecular weight excluding hydrogens is 515 g/mol. The fourth-order valence-corrected chi connectivity index (χ4v) is 5.41. The molecule has 3 heterocycles. The Kier molecular flexibility index (Phi) is 8.41. The zero-order valence-corrected chi connectivity index (χ0v) is 23.3. The molecule has 0 bridgehead atoms. The Morgan fingerprint density at radius 3 is 2.55 bits per heavy atom. The van der Waals surface area contributed by atoms with Gasteiger partial charge in [-0.25, -0.2) is 9.07 Å². The van der Waals surface area contributed by atoms with Crippen molar-refractivity contribution in [3.8, 4) is 11.5 Å². The molecule has 1 N–H and O–H groups in total. The summed E-state index contributed by atoms with van der Waals surface area (Å²) in [5.41, 5.74) is 1.93. The van der Waals surface area contributed by atoms with Crippen molar-refractivity contribution in [2.45, 2.75) is 58.5 Å². The van der Waals surface area contributed by atoms with Gasteiger partial charge in [-0.2, -0.15) is 0 Å². The van der Waals surface area contributed by atoms with E-state index in [1.54, 1.807) is 32.4 Å². The molecule has 0 radical (unpaired) electrons. The molecule has 4 aromatic rings. The summed E-state index contributed by atoms with van der Waals surface area (Å²) in [5.74, 6) is 1.61. The van der Waals surface area contributed by atoms with Gasteiger partial charge >= 0.3 is 0 Å². The van der Waals surface area contributed by atoms with Crippen molar-refractivity contribution in [2.24, 2.45) is 5.92 Å². The van der Waals surface area contributed by atoms with Crippen molar-refractivity contribution in [3.05, 3.63) is 75.6 Å². The average molecular weight is 551 g/mol. The highest BCUT2D eigenvalue weighted by Gasteiger charge is 2.31. The van der Waals surface area contributed by atoms with Crippen molar-refractivity contribution >= 4 is 10.9 Å². The van der Waals surface area contributed by atoms with E-state index >= 15 is 0 Å². The molecule has 1 aliphatic heterocycles. The zero-order chi connectivity index (χ0) is 28.2. The molecule has 11 heteroatoms. The molecule has 2 atom stereocenters. The number of rotatable bonds is 11. The maximum Gasteiger partial charge on any atom is 0.252 e. The lowest BCUT2D eigenvalue weighted by molar-refractivity contribution is 0.0851. The number of fused-ring (bicyclic) bond motifs is 1. The number of hydrogen-bond donors (Lipinski definition) is 1. The molecule has 0 unspecified atom stereocenters.